The van der Waals surface area contributed by atoms with Crippen molar-refractivity contribution in [1.82, 2.24) is 0 Å². The molecule has 2 N–H and O–H groups in total. The van der Waals surface area contributed by atoms with Gasteiger partial charge in [0.1, 0.15) is 5.75 Å². The zero-order chi connectivity index (χ0) is 13.0. The molecule has 1 saturated carbocycles. The highest BCUT2D eigenvalue weighted by Gasteiger charge is 2.35. The van der Waals surface area contributed by atoms with Gasteiger partial charge in [-0.15, -0.1) is 0 Å². The van der Waals surface area contributed by atoms with E-state index in [2.05, 4.69) is 0 Å². The predicted molar refractivity (Wildman–Crippen MR) is 73.1 cm³/mol. The molecule has 0 radical (unpaired) electrons. The smallest absolute Gasteiger partial charge is 0.384 e. The molecule has 0 saturated heterocycles. The van der Waals surface area contributed by atoms with E-state index in [4.69, 9.17) is 0 Å². The van der Waals surface area contributed by atoms with E-state index < -0.39 is 7.80 Å². The SMILES string of the molecule is O=[P+](c1cc(O)ccc1O)C1CCCCCCC1. The van der Waals surface area contributed by atoms with E-state index in [1.807, 2.05) is 0 Å². The van der Waals surface area contributed by atoms with Crippen LogP contribution >= 0.6 is 7.80 Å². The van der Waals surface area contributed by atoms with Crippen LogP contribution in [-0.2, 0) is 4.57 Å². The average Bonchev–Trinajstić information content (AvgIpc) is 2.31. The monoisotopic (exact) mass is 267 g/mol. The molecular formula is C14H20O3P+. The Morgan fingerprint density at radius 2 is 1.61 bits per heavy atom. The first-order valence-corrected chi connectivity index (χ1v) is 7.99. The molecule has 0 aromatic heterocycles. The number of rotatable bonds is 2. The second kappa shape index (κ2) is 6.19. The summed E-state index contributed by atoms with van der Waals surface area (Å²) < 4.78 is 12.5. The molecule has 1 atom stereocenters. The highest BCUT2D eigenvalue weighted by atomic mass is 31.1. The minimum absolute atomic E-state index is 0.0379. The summed E-state index contributed by atoms with van der Waals surface area (Å²) in [7, 11) is -1.62. The minimum Gasteiger partial charge on any atom is -0.508 e. The van der Waals surface area contributed by atoms with Crippen LogP contribution in [0.15, 0.2) is 18.2 Å². The molecule has 0 heterocycles. The van der Waals surface area contributed by atoms with Crippen LogP contribution in [0, 0.1) is 0 Å². The van der Waals surface area contributed by atoms with E-state index in [1.54, 1.807) is 0 Å². The maximum atomic E-state index is 12.5. The van der Waals surface area contributed by atoms with Crippen molar-refractivity contribution in [2.75, 3.05) is 0 Å². The average molecular weight is 267 g/mol. The largest absolute Gasteiger partial charge is 0.508 e. The lowest BCUT2D eigenvalue weighted by Crippen LogP contribution is -2.11. The van der Waals surface area contributed by atoms with Gasteiger partial charge in [0.15, 0.2) is 11.4 Å². The van der Waals surface area contributed by atoms with Crippen LogP contribution in [0.25, 0.3) is 0 Å². The van der Waals surface area contributed by atoms with Gasteiger partial charge in [-0.25, -0.2) is 0 Å². The van der Waals surface area contributed by atoms with E-state index in [-0.39, 0.29) is 17.2 Å². The van der Waals surface area contributed by atoms with E-state index >= 15 is 0 Å². The molecule has 0 aliphatic heterocycles. The van der Waals surface area contributed by atoms with Crippen molar-refractivity contribution < 1.29 is 14.8 Å². The molecule has 1 fully saturated rings. The first kappa shape index (κ1) is 13.4. The molecule has 1 aromatic rings. The molecule has 1 unspecified atom stereocenters. The van der Waals surface area contributed by atoms with Crippen LogP contribution in [0.5, 0.6) is 11.5 Å². The van der Waals surface area contributed by atoms with Gasteiger partial charge in [0.2, 0.25) is 5.30 Å². The van der Waals surface area contributed by atoms with Crippen LogP contribution in [0.4, 0.5) is 0 Å². The van der Waals surface area contributed by atoms with Gasteiger partial charge in [0.05, 0.1) is 0 Å². The highest BCUT2D eigenvalue weighted by molar-refractivity contribution is 7.54. The summed E-state index contributed by atoms with van der Waals surface area (Å²) in [6, 6.07) is 4.27. The van der Waals surface area contributed by atoms with Crippen molar-refractivity contribution in [3.05, 3.63) is 18.2 Å². The van der Waals surface area contributed by atoms with E-state index in [9.17, 15) is 14.8 Å². The summed E-state index contributed by atoms with van der Waals surface area (Å²) in [5.74, 6) is 0.105. The van der Waals surface area contributed by atoms with Crippen molar-refractivity contribution in [2.24, 2.45) is 0 Å². The van der Waals surface area contributed by atoms with Gasteiger partial charge in [0, 0.05) is 6.07 Å². The molecule has 98 valence electrons. The lowest BCUT2D eigenvalue weighted by Gasteiger charge is -2.11. The molecule has 0 spiro atoms. The first-order valence-electron chi connectivity index (χ1n) is 6.67. The predicted octanol–water partition coefficient (Wildman–Crippen LogP) is 3.66. The fraction of sp³-hybridized carbons (Fsp3) is 0.571. The summed E-state index contributed by atoms with van der Waals surface area (Å²) >= 11 is 0. The fourth-order valence-corrected chi connectivity index (χ4v) is 4.34. The number of phenols is 2. The van der Waals surface area contributed by atoms with E-state index in [0.29, 0.717) is 5.30 Å². The Balaban J connectivity index is 2.15. The normalized spacial score (nSPS) is 19.0. The number of hydrogen-bond acceptors (Lipinski definition) is 3. The molecule has 1 aliphatic carbocycles. The molecular weight excluding hydrogens is 247 g/mol. The van der Waals surface area contributed by atoms with Crippen molar-refractivity contribution in [2.45, 2.75) is 50.6 Å². The fourth-order valence-electron chi connectivity index (χ4n) is 2.55. The van der Waals surface area contributed by atoms with Crippen LogP contribution in [-0.4, -0.2) is 15.9 Å². The Bertz CT molecular complexity index is 423. The summed E-state index contributed by atoms with van der Waals surface area (Å²) in [6.07, 6.45) is 7.86. The maximum Gasteiger partial charge on any atom is 0.384 e. The third-order valence-corrected chi connectivity index (χ3v) is 5.62. The Labute approximate surface area is 109 Å². The van der Waals surface area contributed by atoms with Crippen LogP contribution in [0.3, 0.4) is 0 Å². The lowest BCUT2D eigenvalue weighted by atomic mass is 10.0. The zero-order valence-corrected chi connectivity index (χ0v) is 11.4. The molecule has 18 heavy (non-hydrogen) atoms. The van der Waals surface area contributed by atoms with Gasteiger partial charge in [0.25, 0.3) is 0 Å². The van der Waals surface area contributed by atoms with Crippen LogP contribution < -0.4 is 5.30 Å². The van der Waals surface area contributed by atoms with Gasteiger partial charge in [-0.1, -0.05) is 23.8 Å². The van der Waals surface area contributed by atoms with Crippen molar-refractivity contribution in [3.8, 4) is 11.5 Å². The zero-order valence-electron chi connectivity index (χ0n) is 10.5. The molecule has 2 rings (SSSR count). The Morgan fingerprint density at radius 1 is 1.00 bits per heavy atom. The third-order valence-electron chi connectivity index (χ3n) is 3.60. The first-order chi connectivity index (χ1) is 8.68. The Morgan fingerprint density at radius 3 is 2.28 bits per heavy atom. The minimum atomic E-state index is -1.62. The van der Waals surface area contributed by atoms with Crippen LogP contribution in [0.1, 0.15) is 44.9 Å². The number of phenolic OH excluding ortho intramolecular Hbond substituents is 2. The topological polar surface area (TPSA) is 57.5 Å². The van der Waals surface area contributed by atoms with Gasteiger partial charge < -0.3 is 10.2 Å². The van der Waals surface area contributed by atoms with E-state index in [1.165, 1.54) is 37.5 Å². The van der Waals surface area contributed by atoms with Crippen molar-refractivity contribution in [1.29, 1.82) is 0 Å². The number of aromatic hydroxyl groups is 2. The number of benzene rings is 1. The summed E-state index contributed by atoms with van der Waals surface area (Å²) in [5.41, 5.74) is 0.146. The standard InChI is InChI=1S/C14H19O3P/c15-11-8-9-13(16)14(10-11)18(17)12-6-4-2-1-3-5-7-12/h8-10,12H,1-7H2,(H-,15,16,17)/p+1. The quantitative estimate of drug-likeness (QED) is 0.635. The molecule has 1 aliphatic rings. The Kier molecular flexibility index (Phi) is 4.60. The maximum absolute atomic E-state index is 12.5. The van der Waals surface area contributed by atoms with Crippen molar-refractivity contribution in [3.63, 3.8) is 0 Å². The Hall–Kier alpha value is -1.08. The second-order valence-electron chi connectivity index (χ2n) is 5.00. The molecule has 0 bridgehead atoms. The van der Waals surface area contributed by atoms with Gasteiger partial charge in [-0.3, -0.25) is 0 Å². The summed E-state index contributed by atoms with van der Waals surface area (Å²) in [4.78, 5) is 0. The van der Waals surface area contributed by atoms with Gasteiger partial charge in [-0.2, -0.15) is 0 Å². The summed E-state index contributed by atoms with van der Waals surface area (Å²) in [5, 5.41) is 19.6. The van der Waals surface area contributed by atoms with E-state index in [0.717, 1.165) is 25.7 Å². The molecule has 0 amide bonds. The second-order valence-corrected chi connectivity index (χ2v) is 6.86. The third kappa shape index (κ3) is 3.23. The molecule has 3 nitrogen and oxygen atoms in total. The highest BCUT2D eigenvalue weighted by Crippen LogP contribution is 2.39. The van der Waals surface area contributed by atoms with Gasteiger partial charge in [-0.05, 0) is 37.8 Å². The molecule has 4 heteroatoms. The lowest BCUT2D eigenvalue weighted by molar-refractivity contribution is 0.462. The number of hydrogen-bond donors (Lipinski definition) is 2. The summed E-state index contributed by atoms with van der Waals surface area (Å²) in [6.45, 7) is 0. The van der Waals surface area contributed by atoms with Crippen molar-refractivity contribution >= 4 is 13.1 Å². The van der Waals surface area contributed by atoms with Crippen LogP contribution in [0.2, 0.25) is 0 Å². The van der Waals surface area contributed by atoms with Gasteiger partial charge >= 0.3 is 7.80 Å². The molecule has 1 aromatic carbocycles.